The summed E-state index contributed by atoms with van der Waals surface area (Å²) in [6, 6.07) is -0.717. The molecule has 1 saturated heterocycles. The highest BCUT2D eigenvalue weighted by molar-refractivity contribution is 5.75. The zero-order valence-corrected chi connectivity index (χ0v) is 9.66. The van der Waals surface area contributed by atoms with E-state index in [4.69, 9.17) is 9.57 Å². The molecule has 1 aliphatic carbocycles. The number of nitrogens with zero attached hydrogens (tertiary/aromatic N) is 2. The largest absolute Gasteiger partial charge is 0.439 e. The topological polar surface area (TPSA) is 79.3 Å². The number of hydroxylamine groups is 4. The van der Waals surface area contributed by atoms with Crippen LogP contribution in [0.4, 0.5) is 4.79 Å². The Morgan fingerprint density at radius 1 is 1.41 bits per heavy atom. The molecular weight excluding hydrogens is 228 g/mol. The first kappa shape index (κ1) is 12.1. The van der Waals surface area contributed by atoms with Crippen molar-refractivity contribution in [3.8, 4) is 0 Å². The minimum Gasteiger partial charge on any atom is -0.439 e. The summed E-state index contributed by atoms with van der Waals surface area (Å²) in [4.78, 5) is 27.8. The molecule has 2 fully saturated rings. The number of carbonyl (C=O) groups is 2. The minimum atomic E-state index is -0.901. The third-order valence-electron chi connectivity index (χ3n) is 3.17. The van der Waals surface area contributed by atoms with Crippen LogP contribution in [-0.4, -0.2) is 47.2 Å². The second-order valence-corrected chi connectivity index (χ2v) is 4.22. The van der Waals surface area contributed by atoms with Crippen molar-refractivity contribution in [2.45, 2.75) is 31.9 Å². The fraction of sp³-hybridized carbons (Fsp3) is 0.800. The number of ether oxygens (including phenoxy) is 1. The number of esters is 1. The lowest BCUT2D eigenvalue weighted by Crippen LogP contribution is -2.54. The van der Waals surface area contributed by atoms with Gasteiger partial charge in [0.1, 0.15) is 0 Å². The standard InChI is InChI=1S/C10H16N2O5/c1-16-11-6-5-8(12(15)10(11)14)17-9(13)7-3-2-4-7/h7-8,15H,2-6H2,1H3. The Bertz CT molecular complexity index is 318. The molecule has 1 saturated carbocycles. The molecule has 1 heterocycles. The summed E-state index contributed by atoms with van der Waals surface area (Å²) in [5.74, 6) is -0.405. The van der Waals surface area contributed by atoms with Crippen molar-refractivity contribution in [3.05, 3.63) is 0 Å². The Hall–Kier alpha value is -1.34. The van der Waals surface area contributed by atoms with E-state index in [0.717, 1.165) is 24.3 Å². The molecule has 0 aromatic heterocycles. The maximum Gasteiger partial charge on any atom is 0.371 e. The van der Waals surface area contributed by atoms with Crippen LogP contribution in [0.25, 0.3) is 0 Å². The SMILES string of the molecule is CON1CCC(OC(=O)C2CCC2)N(O)C1=O. The van der Waals surface area contributed by atoms with Crippen molar-refractivity contribution in [2.24, 2.45) is 5.92 Å². The van der Waals surface area contributed by atoms with Crippen LogP contribution < -0.4 is 0 Å². The van der Waals surface area contributed by atoms with Gasteiger partial charge in [-0.25, -0.2) is 9.86 Å². The Kier molecular flexibility index (Phi) is 3.49. The lowest BCUT2D eigenvalue weighted by atomic mass is 9.86. The summed E-state index contributed by atoms with van der Waals surface area (Å²) in [6.45, 7) is 0.287. The Balaban J connectivity index is 1.89. The number of amides is 2. The third kappa shape index (κ3) is 2.34. The summed E-state index contributed by atoms with van der Waals surface area (Å²) >= 11 is 0. The first-order valence-corrected chi connectivity index (χ1v) is 5.67. The van der Waals surface area contributed by atoms with Gasteiger partial charge >= 0.3 is 12.0 Å². The van der Waals surface area contributed by atoms with Crippen molar-refractivity contribution in [2.75, 3.05) is 13.7 Å². The van der Waals surface area contributed by atoms with Gasteiger partial charge in [-0.05, 0) is 12.8 Å². The van der Waals surface area contributed by atoms with Crippen LogP contribution in [0.3, 0.4) is 0 Å². The second kappa shape index (κ2) is 4.89. The van der Waals surface area contributed by atoms with Gasteiger partial charge in [-0.15, -0.1) is 0 Å². The maximum absolute atomic E-state index is 11.6. The van der Waals surface area contributed by atoms with E-state index in [1.165, 1.54) is 7.11 Å². The summed E-state index contributed by atoms with van der Waals surface area (Å²) in [5, 5.41) is 11.0. The predicted molar refractivity (Wildman–Crippen MR) is 54.6 cm³/mol. The zero-order valence-electron chi connectivity index (χ0n) is 9.66. The van der Waals surface area contributed by atoms with Gasteiger partial charge in [-0.1, -0.05) is 6.42 Å². The number of carbonyl (C=O) groups excluding carboxylic acids is 2. The van der Waals surface area contributed by atoms with Gasteiger partial charge in [-0.3, -0.25) is 14.8 Å². The molecule has 7 nitrogen and oxygen atoms in total. The molecule has 0 bridgehead atoms. The van der Waals surface area contributed by atoms with E-state index in [1.807, 2.05) is 0 Å². The Morgan fingerprint density at radius 2 is 2.12 bits per heavy atom. The van der Waals surface area contributed by atoms with E-state index in [9.17, 15) is 14.8 Å². The van der Waals surface area contributed by atoms with Crippen molar-refractivity contribution < 1.29 is 24.4 Å². The second-order valence-electron chi connectivity index (χ2n) is 4.22. The van der Waals surface area contributed by atoms with Crippen LogP contribution in [0.2, 0.25) is 0 Å². The molecule has 1 aliphatic heterocycles. The van der Waals surface area contributed by atoms with Crippen LogP contribution in [-0.2, 0) is 14.4 Å². The van der Waals surface area contributed by atoms with Gasteiger partial charge in [-0.2, -0.15) is 5.06 Å². The summed E-state index contributed by atoms with van der Waals surface area (Å²) in [6.07, 6.45) is 2.12. The van der Waals surface area contributed by atoms with Gasteiger partial charge < -0.3 is 4.74 Å². The van der Waals surface area contributed by atoms with Crippen molar-refractivity contribution in [1.82, 2.24) is 10.1 Å². The predicted octanol–water partition coefficient (Wildman–Crippen LogP) is 0.734. The van der Waals surface area contributed by atoms with Crippen molar-refractivity contribution in [3.63, 3.8) is 0 Å². The highest BCUT2D eigenvalue weighted by Crippen LogP contribution is 2.28. The molecule has 0 radical (unpaired) electrons. The molecule has 17 heavy (non-hydrogen) atoms. The summed E-state index contributed by atoms with van der Waals surface area (Å²) < 4.78 is 5.10. The first-order chi connectivity index (χ1) is 8.13. The molecule has 1 N–H and O–H groups in total. The normalized spacial score (nSPS) is 25.8. The fourth-order valence-corrected chi connectivity index (χ4v) is 1.84. The average Bonchev–Trinajstić information content (AvgIpc) is 2.23. The Labute approximate surface area is 98.8 Å². The molecule has 7 heteroatoms. The van der Waals surface area contributed by atoms with Crippen molar-refractivity contribution >= 4 is 12.0 Å². The first-order valence-electron chi connectivity index (χ1n) is 5.67. The lowest BCUT2D eigenvalue weighted by Gasteiger charge is -2.36. The van der Waals surface area contributed by atoms with E-state index in [-0.39, 0.29) is 18.4 Å². The zero-order chi connectivity index (χ0) is 12.4. The monoisotopic (exact) mass is 244 g/mol. The lowest BCUT2D eigenvalue weighted by molar-refractivity contribution is -0.236. The van der Waals surface area contributed by atoms with Crippen LogP contribution in [0.15, 0.2) is 0 Å². The molecule has 1 unspecified atom stereocenters. The highest BCUT2D eigenvalue weighted by atomic mass is 16.7. The molecule has 0 aromatic carbocycles. The molecule has 2 rings (SSSR count). The maximum atomic E-state index is 11.6. The van der Waals surface area contributed by atoms with Gasteiger partial charge in [0.15, 0.2) is 0 Å². The van der Waals surface area contributed by atoms with Crippen LogP contribution in [0, 0.1) is 5.92 Å². The number of urea groups is 1. The fourth-order valence-electron chi connectivity index (χ4n) is 1.84. The quantitative estimate of drug-likeness (QED) is 0.585. The Morgan fingerprint density at radius 3 is 2.65 bits per heavy atom. The van der Waals surface area contributed by atoms with E-state index in [1.54, 1.807) is 0 Å². The van der Waals surface area contributed by atoms with Gasteiger partial charge in [0.2, 0.25) is 6.23 Å². The summed E-state index contributed by atoms with van der Waals surface area (Å²) in [7, 11) is 1.34. The van der Waals surface area contributed by atoms with Gasteiger partial charge in [0, 0.05) is 6.42 Å². The highest BCUT2D eigenvalue weighted by Gasteiger charge is 2.37. The summed E-state index contributed by atoms with van der Waals surface area (Å²) in [5.41, 5.74) is 0. The van der Waals surface area contributed by atoms with Gasteiger partial charge in [0.05, 0.1) is 19.6 Å². The number of hydrogen-bond donors (Lipinski definition) is 1. The van der Waals surface area contributed by atoms with E-state index >= 15 is 0 Å². The number of hydrogen-bond acceptors (Lipinski definition) is 5. The molecule has 0 aromatic rings. The van der Waals surface area contributed by atoms with E-state index < -0.39 is 12.3 Å². The van der Waals surface area contributed by atoms with Gasteiger partial charge in [0.25, 0.3) is 0 Å². The third-order valence-corrected chi connectivity index (χ3v) is 3.17. The molecule has 1 atom stereocenters. The van der Waals surface area contributed by atoms with Crippen LogP contribution >= 0.6 is 0 Å². The average molecular weight is 244 g/mol. The number of rotatable bonds is 3. The van der Waals surface area contributed by atoms with Crippen LogP contribution in [0.5, 0.6) is 0 Å². The molecule has 0 spiro atoms. The molecule has 2 amide bonds. The van der Waals surface area contributed by atoms with Crippen molar-refractivity contribution in [1.29, 1.82) is 0 Å². The van der Waals surface area contributed by atoms with E-state index in [2.05, 4.69) is 0 Å². The minimum absolute atomic E-state index is 0.0704. The van der Waals surface area contributed by atoms with Crippen LogP contribution in [0.1, 0.15) is 25.7 Å². The molecular formula is C10H16N2O5. The van der Waals surface area contributed by atoms with E-state index in [0.29, 0.717) is 11.5 Å². The molecule has 96 valence electrons. The molecule has 2 aliphatic rings. The smallest absolute Gasteiger partial charge is 0.371 e.